The molecule has 1 aromatic carbocycles. The molecule has 2 aliphatic rings. The van der Waals surface area contributed by atoms with Gasteiger partial charge in [0.25, 0.3) is 0 Å². The number of nitrogens with zero attached hydrogens (tertiary/aromatic N) is 1. The molecule has 0 amide bonds. The van der Waals surface area contributed by atoms with E-state index in [2.05, 4.69) is 29.2 Å². The Morgan fingerprint density at radius 3 is 2.93 bits per heavy atom. The number of hydrogen-bond donors (Lipinski definition) is 1. The van der Waals surface area contributed by atoms with Crippen LogP contribution in [0.5, 0.6) is 0 Å². The largest absolute Gasteiger partial charge is 0.374 e. The Labute approximate surface area is 89.8 Å². The van der Waals surface area contributed by atoms with Crippen molar-refractivity contribution in [1.82, 2.24) is 0 Å². The first-order chi connectivity index (χ1) is 7.38. The van der Waals surface area contributed by atoms with Crippen LogP contribution >= 0.6 is 0 Å². The second kappa shape index (κ2) is 3.51. The molecule has 2 fully saturated rings. The normalized spacial score (nSPS) is 28.7. The number of morpholine rings is 1. The predicted molar refractivity (Wildman–Crippen MR) is 59.8 cm³/mol. The molecule has 3 rings (SSSR count). The number of ether oxygens (including phenoxy) is 1. The lowest BCUT2D eigenvalue weighted by molar-refractivity contribution is 0.0991. The zero-order valence-corrected chi connectivity index (χ0v) is 8.73. The minimum atomic E-state index is 0.445. The number of nitrogens with two attached hydrogens (primary N) is 1. The molecule has 0 aliphatic carbocycles. The van der Waals surface area contributed by atoms with Crippen molar-refractivity contribution in [3.8, 4) is 0 Å². The number of benzene rings is 1. The van der Waals surface area contributed by atoms with Gasteiger partial charge in [0.15, 0.2) is 0 Å². The summed E-state index contributed by atoms with van der Waals surface area (Å²) in [7, 11) is 0. The van der Waals surface area contributed by atoms with Gasteiger partial charge in [-0.15, -0.1) is 0 Å². The van der Waals surface area contributed by atoms with Gasteiger partial charge in [-0.25, -0.2) is 0 Å². The van der Waals surface area contributed by atoms with Gasteiger partial charge >= 0.3 is 0 Å². The first kappa shape index (κ1) is 9.19. The van der Waals surface area contributed by atoms with Crippen LogP contribution in [0.1, 0.15) is 12.0 Å². The fraction of sp³-hybridized carbons (Fsp3) is 0.500. The Balaban J connectivity index is 1.92. The number of anilines is 1. The molecule has 2 N–H and O–H groups in total. The highest BCUT2D eigenvalue weighted by molar-refractivity contribution is 5.56. The predicted octanol–water partition coefficient (Wildman–Crippen LogP) is 1.12. The molecule has 3 nitrogen and oxygen atoms in total. The molecule has 2 aliphatic heterocycles. The Kier molecular flexibility index (Phi) is 2.15. The molecule has 2 saturated heterocycles. The highest BCUT2D eigenvalue weighted by Crippen LogP contribution is 2.34. The lowest BCUT2D eigenvalue weighted by atomic mass is 10.1. The Morgan fingerprint density at radius 2 is 2.27 bits per heavy atom. The highest BCUT2D eigenvalue weighted by Gasteiger charge is 2.39. The average Bonchev–Trinajstić information content (AvgIpc) is 2.90. The van der Waals surface area contributed by atoms with Gasteiger partial charge in [-0.2, -0.15) is 0 Å². The van der Waals surface area contributed by atoms with Gasteiger partial charge in [0.1, 0.15) is 0 Å². The molecule has 0 saturated carbocycles. The van der Waals surface area contributed by atoms with E-state index in [1.54, 1.807) is 0 Å². The number of hydrogen-bond acceptors (Lipinski definition) is 3. The van der Waals surface area contributed by atoms with Crippen LogP contribution in [0.3, 0.4) is 0 Å². The van der Waals surface area contributed by atoms with E-state index in [9.17, 15) is 0 Å². The molecule has 15 heavy (non-hydrogen) atoms. The van der Waals surface area contributed by atoms with Crippen molar-refractivity contribution in [2.45, 2.75) is 25.1 Å². The van der Waals surface area contributed by atoms with Crippen molar-refractivity contribution < 1.29 is 4.74 Å². The topological polar surface area (TPSA) is 38.5 Å². The molecular weight excluding hydrogens is 188 g/mol. The summed E-state index contributed by atoms with van der Waals surface area (Å²) in [6, 6.07) is 8.99. The molecule has 2 bridgehead atoms. The molecular formula is C12H16N2O. The van der Waals surface area contributed by atoms with E-state index in [-0.39, 0.29) is 0 Å². The molecule has 0 aromatic heterocycles. The Morgan fingerprint density at radius 1 is 1.40 bits per heavy atom. The van der Waals surface area contributed by atoms with Crippen LogP contribution in [0.4, 0.5) is 5.69 Å². The summed E-state index contributed by atoms with van der Waals surface area (Å²) in [4.78, 5) is 2.45. The highest BCUT2D eigenvalue weighted by atomic mass is 16.5. The SMILES string of the molecule is NCc1ccccc1N1CC2CC1CO2. The summed E-state index contributed by atoms with van der Waals surface area (Å²) in [5.74, 6) is 0. The van der Waals surface area contributed by atoms with Crippen LogP contribution in [0.25, 0.3) is 0 Å². The molecule has 2 atom stereocenters. The van der Waals surface area contributed by atoms with E-state index < -0.39 is 0 Å². The van der Waals surface area contributed by atoms with Crippen LogP contribution < -0.4 is 10.6 Å². The van der Waals surface area contributed by atoms with E-state index in [4.69, 9.17) is 10.5 Å². The zero-order valence-electron chi connectivity index (χ0n) is 8.73. The minimum absolute atomic E-state index is 0.445. The van der Waals surface area contributed by atoms with E-state index in [1.165, 1.54) is 17.7 Å². The molecule has 80 valence electrons. The lowest BCUT2D eigenvalue weighted by Crippen LogP contribution is -2.37. The van der Waals surface area contributed by atoms with Gasteiger partial charge in [-0.05, 0) is 18.1 Å². The third-order valence-electron chi connectivity index (χ3n) is 3.42. The van der Waals surface area contributed by atoms with Crippen LogP contribution in [0, 0.1) is 0 Å². The van der Waals surface area contributed by atoms with Gasteiger partial charge in [-0.1, -0.05) is 18.2 Å². The van der Waals surface area contributed by atoms with Crippen LogP contribution in [0.2, 0.25) is 0 Å². The van der Waals surface area contributed by atoms with Crippen molar-refractivity contribution in [3.05, 3.63) is 29.8 Å². The first-order valence-electron chi connectivity index (χ1n) is 5.54. The Hall–Kier alpha value is -1.06. The molecule has 0 spiro atoms. The fourth-order valence-corrected chi connectivity index (χ4v) is 2.66. The van der Waals surface area contributed by atoms with Crippen LogP contribution in [-0.2, 0) is 11.3 Å². The van der Waals surface area contributed by atoms with Gasteiger partial charge in [0.2, 0.25) is 0 Å². The zero-order chi connectivity index (χ0) is 10.3. The van der Waals surface area contributed by atoms with Gasteiger partial charge in [-0.3, -0.25) is 0 Å². The van der Waals surface area contributed by atoms with Crippen molar-refractivity contribution in [3.63, 3.8) is 0 Å². The number of fused-ring (bicyclic) bond motifs is 2. The third kappa shape index (κ3) is 1.43. The smallest absolute Gasteiger partial charge is 0.0771 e. The van der Waals surface area contributed by atoms with Gasteiger partial charge in [0.05, 0.1) is 18.8 Å². The van der Waals surface area contributed by atoms with Crippen molar-refractivity contribution in [2.24, 2.45) is 5.73 Å². The maximum absolute atomic E-state index is 5.76. The number of rotatable bonds is 2. The lowest BCUT2D eigenvalue weighted by Gasteiger charge is -2.30. The van der Waals surface area contributed by atoms with Gasteiger partial charge in [0, 0.05) is 18.8 Å². The second-order valence-electron chi connectivity index (χ2n) is 4.33. The van der Waals surface area contributed by atoms with E-state index in [0.717, 1.165) is 13.2 Å². The molecule has 0 radical (unpaired) electrons. The number of para-hydroxylation sites is 1. The quantitative estimate of drug-likeness (QED) is 0.784. The minimum Gasteiger partial charge on any atom is -0.374 e. The maximum Gasteiger partial charge on any atom is 0.0771 e. The summed E-state index contributed by atoms with van der Waals surface area (Å²) in [6.07, 6.45) is 1.62. The van der Waals surface area contributed by atoms with E-state index >= 15 is 0 Å². The summed E-state index contributed by atoms with van der Waals surface area (Å²) in [6.45, 7) is 2.52. The van der Waals surface area contributed by atoms with Crippen LogP contribution in [0.15, 0.2) is 24.3 Å². The molecule has 2 heterocycles. The summed E-state index contributed by atoms with van der Waals surface area (Å²) >= 11 is 0. The third-order valence-corrected chi connectivity index (χ3v) is 3.42. The van der Waals surface area contributed by atoms with E-state index in [0.29, 0.717) is 18.7 Å². The van der Waals surface area contributed by atoms with Gasteiger partial charge < -0.3 is 15.4 Å². The van der Waals surface area contributed by atoms with Crippen LogP contribution in [-0.4, -0.2) is 25.3 Å². The summed E-state index contributed by atoms with van der Waals surface area (Å²) in [5, 5.41) is 0. The van der Waals surface area contributed by atoms with E-state index in [1.807, 2.05) is 0 Å². The summed E-state index contributed by atoms with van der Waals surface area (Å²) in [5.41, 5.74) is 8.30. The molecule has 2 unspecified atom stereocenters. The molecule has 1 aromatic rings. The van der Waals surface area contributed by atoms with Crippen molar-refractivity contribution in [2.75, 3.05) is 18.1 Å². The standard InChI is InChI=1S/C12H16N2O/c13-6-9-3-1-2-4-12(9)14-7-11-5-10(14)8-15-11/h1-4,10-11H,5-8,13H2. The first-order valence-corrected chi connectivity index (χ1v) is 5.54. The Bertz CT molecular complexity index is 366. The maximum atomic E-state index is 5.76. The summed E-state index contributed by atoms with van der Waals surface area (Å²) < 4.78 is 5.60. The molecule has 3 heteroatoms. The monoisotopic (exact) mass is 204 g/mol. The fourth-order valence-electron chi connectivity index (χ4n) is 2.66. The second-order valence-corrected chi connectivity index (χ2v) is 4.33. The average molecular weight is 204 g/mol. The van der Waals surface area contributed by atoms with Crippen molar-refractivity contribution >= 4 is 5.69 Å². The van der Waals surface area contributed by atoms with Crippen molar-refractivity contribution in [1.29, 1.82) is 0 Å².